The van der Waals surface area contributed by atoms with E-state index in [4.69, 9.17) is 12.2 Å². The molecule has 2 N–H and O–H groups in total. The summed E-state index contributed by atoms with van der Waals surface area (Å²) in [5.41, 5.74) is 3.98. The highest BCUT2D eigenvalue weighted by Crippen LogP contribution is 2.18. The normalized spacial score (nSPS) is 11.0. The molecule has 0 aromatic heterocycles. The Morgan fingerprint density at radius 1 is 1.22 bits per heavy atom. The van der Waals surface area contributed by atoms with E-state index in [2.05, 4.69) is 15.8 Å². The number of benzene rings is 2. The van der Waals surface area contributed by atoms with Crippen LogP contribution in [0.3, 0.4) is 0 Å². The highest BCUT2D eigenvalue weighted by molar-refractivity contribution is 7.80. The Morgan fingerprint density at radius 3 is 2.52 bits per heavy atom. The van der Waals surface area contributed by atoms with E-state index in [0.29, 0.717) is 17.0 Å². The number of nitro groups is 1. The van der Waals surface area contributed by atoms with Gasteiger partial charge in [0, 0.05) is 11.8 Å². The van der Waals surface area contributed by atoms with Crippen molar-refractivity contribution in [2.75, 3.05) is 5.32 Å². The number of rotatable bonds is 4. The fourth-order valence-corrected chi connectivity index (χ4v) is 1.99. The number of thiocarbonyl (C=S) groups is 1. The van der Waals surface area contributed by atoms with Crippen molar-refractivity contribution < 1.29 is 9.31 Å². The Labute approximate surface area is 137 Å². The summed E-state index contributed by atoms with van der Waals surface area (Å²) in [6, 6.07) is 11.9. The number of hydrogen-bond donors (Lipinski definition) is 2. The van der Waals surface area contributed by atoms with E-state index in [-0.39, 0.29) is 16.6 Å². The summed E-state index contributed by atoms with van der Waals surface area (Å²) in [5.74, 6) is -0.348. The first kappa shape index (κ1) is 16.5. The van der Waals surface area contributed by atoms with Crippen molar-refractivity contribution in [1.29, 1.82) is 0 Å². The minimum absolute atomic E-state index is 0.0343. The van der Waals surface area contributed by atoms with Crippen LogP contribution in [0.4, 0.5) is 15.8 Å². The van der Waals surface area contributed by atoms with Gasteiger partial charge in [-0.2, -0.15) is 5.10 Å². The summed E-state index contributed by atoms with van der Waals surface area (Å²) in [6.45, 7) is 1.63. The Bertz CT molecular complexity index is 762. The van der Waals surface area contributed by atoms with Crippen LogP contribution in [0.2, 0.25) is 0 Å². The van der Waals surface area contributed by atoms with Crippen molar-refractivity contribution in [3.05, 3.63) is 70.0 Å². The van der Waals surface area contributed by atoms with Crippen molar-refractivity contribution in [3.63, 3.8) is 0 Å². The molecule has 0 spiro atoms. The maximum atomic E-state index is 12.8. The van der Waals surface area contributed by atoms with E-state index in [0.717, 1.165) is 0 Å². The lowest BCUT2D eigenvalue weighted by Gasteiger charge is -2.08. The van der Waals surface area contributed by atoms with Crippen LogP contribution < -0.4 is 10.7 Å². The molecule has 0 atom stereocenters. The first-order valence-corrected chi connectivity index (χ1v) is 6.99. The van der Waals surface area contributed by atoms with Crippen LogP contribution in [-0.2, 0) is 0 Å². The Kier molecular flexibility index (Phi) is 5.32. The van der Waals surface area contributed by atoms with Gasteiger partial charge in [0.1, 0.15) is 5.82 Å². The number of hydrogen-bond acceptors (Lipinski definition) is 4. The highest BCUT2D eigenvalue weighted by atomic mass is 32.1. The van der Waals surface area contributed by atoms with Crippen LogP contribution in [0.1, 0.15) is 12.5 Å². The second-order valence-electron chi connectivity index (χ2n) is 4.54. The smallest absolute Gasteiger partial charge is 0.278 e. The molecule has 118 valence electrons. The SMILES string of the molecule is C/C(=N/NC(=S)Nc1ccc(F)cc1)c1ccccc1[N+](=O)[O-]. The number of nitrogens with zero attached hydrogens (tertiary/aromatic N) is 2. The van der Waals surface area contributed by atoms with Gasteiger partial charge in [-0.3, -0.25) is 15.5 Å². The Morgan fingerprint density at radius 2 is 1.87 bits per heavy atom. The van der Waals surface area contributed by atoms with Crippen LogP contribution in [-0.4, -0.2) is 15.7 Å². The third-order valence-electron chi connectivity index (χ3n) is 2.92. The predicted molar refractivity (Wildman–Crippen MR) is 91.1 cm³/mol. The summed E-state index contributed by atoms with van der Waals surface area (Å²) in [5, 5.41) is 18.0. The minimum atomic E-state index is -0.469. The maximum Gasteiger partial charge on any atom is 0.278 e. The molecular formula is C15H13FN4O2S. The van der Waals surface area contributed by atoms with E-state index in [1.54, 1.807) is 25.1 Å². The molecule has 0 aliphatic rings. The second-order valence-corrected chi connectivity index (χ2v) is 4.95. The molecule has 23 heavy (non-hydrogen) atoms. The van der Waals surface area contributed by atoms with E-state index >= 15 is 0 Å². The van der Waals surface area contributed by atoms with Gasteiger partial charge in [0.25, 0.3) is 5.69 Å². The lowest BCUT2D eigenvalue weighted by atomic mass is 10.1. The highest BCUT2D eigenvalue weighted by Gasteiger charge is 2.14. The van der Waals surface area contributed by atoms with Crippen LogP contribution in [0, 0.1) is 15.9 Å². The summed E-state index contributed by atoms with van der Waals surface area (Å²) < 4.78 is 12.8. The maximum absolute atomic E-state index is 12.8. The molecule has 0 aliphatic carbocycles. The lowest BCUT2D eigenvalue weighted by Crippen LogP contribution is -2.25. The Hall–Kier alpha value is -2.87. The Balaban J connectivity index is 2.06. The van der Waals surface area contributed by atoms with Crippen molar-refractivity contribution in [1.82, 2.24) is 5.43 Å². The van der Waals surface area contributed by atoms with Gasteiger partial charge >= 0.3 is 0 Å². The average molecular weight is 332 g/mol. The molecule has 2 rings (SSSR count). The topological polar surface area (TPSA) is 79.6 Å². The quantitative estimate of drug-likeness (QED) is 0.388. The van der Waals surface area contributed by atoms with Crippen molar-refractivity contribution in [2.24, 2.45) is 5.10 Å². The molecule has 6 nitrogen and oxygen atoms in total. The number of nitro benzene ring substituents is 1. The minimum Gasteiger partial charge on any atom is -0.331 e. The molecule has 0 unspecified atom stereocenters. The number of halogens is 1. The molecule has 2 aromatic rings. The molecule has 0 bridgehead atoms. The standard InChI is InChI=1S/C15H13FN4O2S/c1-10(13-4-2-3-5-14(13)20(21)22)18-19-15(23)17-12-8-6-11(16)7-9-12/h2-9H,1H3,(H2,17,19,23)/b18-10-. The van der Waals surface area contributed by atoms with E-state index in [9.17, 15) is 14.5 Å². The molecule has 0 radical (unpaired) electrons. The van der Waals surface area contributed by atoms with Gasteiger partial charge in [0.05, 0.1) is 16.2 Å². The van der Waals surface area contributed by atoms with Gasteiger partial charge in [-0.15, -0.1) is 0 Å². The summed E-state index contributed by atoms with van der Waals surface area (Å²) in [6.07, 6.45) is 0. The van der Waals surface area contributed by atoms with Gasteiger partial charge in [-0.1, -0.05) is 12.1 Å². The van der Waals surface area contributed by atoms with Crippen molar-refractivity contribution in [2.45, 2.75) is 6.92 Å². The van der Waals surface area contributed by atoms with Gasteiger partial charge in [0.15, 0.2) is 5.11 Å². The number of para-hydroxylation sites is 1. The second kappa shape index (κ2) is 7.41. The number of hydrazone groups is 1. The van der Waals surface area contributed by atoms with Crippen LogP contribution in [0.25, 0.3) is 0 Å². The van der Waals surface area contributed by atoms with Gasteiger partial charge in [-0.25, -0.2) is 4.39 Å². The molecule has 2 aromatic carbocycles. The predicted octanol–water partition coefficient (Wildman–Crippen LogP) is 3.44. The first-order chi connectivity index (χ1) is 11.0. The van der Waals surface area contributed by atoms with Crippen molar-refractivity contribution >= 4 is 34.4 Å². The lowest BCUT2D eigenvalue weighted by molar-refractivity contribution is -0.385. The largest absolute Gasteiger partial charge is 0.331 e. The molecule has 0 saturated carbocycles. The number of nitrogens with one attached hydrogen (secondary N) is 2. The molecule has 8 heteroatoms. The third kappa shape index (κ3) is 4.55. The van der Waals surface area contributed by atoms with E-state index in [1.165, 1.54) is 30.3 Å². The summed E-state index contributed by atoms with van der Waals surface area (Å²) >= 11 is 5.06. The third-order valence-corrected chi connectivity index (χ3v) is 3.11. The van der Waals surface area contributed by atoms with Crippen LogP contribution in [0.15, 0.2) is 53.6 Å². The molecule has 0 saturated heterocycles. The molecule has 0 heterocycles. The van der Waals surface area contributed by atoms with Gasteiger partial charge < -0.3 is 5.32 Å². The van der Waals surface area contributed by atoms with Gasteiger partial charge in [0.2, 0.25) is 0 Å². The fraction of sp³-hybridized carbons (Fsp3) is 0.0667. The van der Waals surface area contributed by atoms with Crippen molar-refractivity contribution in [3.8, 4) is 0 Å². The van der Waals surface area contributed by atoms with E-state index < -0.39 is 4.92 Å². The van der Waals surface area contributed by atoms with Crippen LogP contribution in [0.5, 0.6) is 0 Å². The zero-order valence-corrected chi connectivity index (χ0v) is 12.9. The van der Waals surface area contributed by atoms with Gasteiger partial charge in [-0.05, 0) is 49.5 Å². The van der Waals surface area contributed by atoms with Crippen LogP contribution >= 0.6 is 12.2 Å². The fourth-order valence-electron chi connectivity index (χ4n) is 1.83. The first-order valence-electron chi connectivity index (χ1n) is 6.58. The zero-order chi connectivity index (χ0) is 16.8. The summed E-state index contributed by atoms with van der Waals surface area (Å²) in [7, 11) is 0. The zero-order valence-electron chi connectivity index (χ0n) is 12.1. The molecular weight excluding hydrogens is 319 g/mol. The number of anilines is 1. The summed E-state index contributed by atoms with van der Waals surface area (Å²) in [4.78, 5) is 10.5. The average Bonchev–Trinajstić information content (AvgIpc) is 2.54. The molecule has 0 fully saturated rings. The molecule has 0 amide bonds. The monoisotopic (exact) mass is 332 g/mol. The van der Waals surface area contributed by atoms with E-state index in [1.807, 2.05) is 0 Å². The molecule has 0 aliphatic heterocycles.